The van der Waals surface area contributed by atoms with Gasteiger partial charge in [-0.25, -0.2) is 9.67 Å². The molecule has 1 fully saturated rings. The van der Waals surface area contributed by atoms with Gasteiger partial charge in [0.05, 0.1) is 11.4 Å². The van der Waals surface area contributed by atoms with Crippen LogP contribution in [0.1, 0.15) is 12.8 Å². The molecule has 1 aromatic heterocycles. The summed E-state index contributed by atoms with van der Waals surface area (Å²) in [6, 6.07) is 9.83. The summed E-state index contributed by atoms with van der Waals surface area (Å²) in [5.41, 5.74) is 0.959. The lowest BCUT2D eigenvalue weighted by molar-refractivity contribution is -0.127. The van der Waals surface area contributed by atoms with Gasteiger partial charge in [0.15, 0.2) is 5.16 Å². The second kappa shape index (κ2) is 6.09. The third kappa shape index (κ3) is 2.85. The lowest BCUT2D eigenvalue weighted by Crippen LogP contribution is -2.29. The van der Waals surface area contributed by atoms with Gasteiger partial charge in [0.2, 0.25) is 5.91 Å². The molecule has 0 saturated carbocycles. The van der Waals surface area contributed by atoms with Crippen molar-refractivity contribution in [3.8, 4) is 5.69 Å². The monoisotopic (exact) mass is 288 g/mol. The Morgan fingerprint density at radius 2 is 1.95 bits per heavy atom. The Bertz CT molecular complexity index is 578. The number of rotatable bonds is 4. The first-order valence-corrected chi connectivity index (χ1v) is 7.69. The van der Waals surface area contributed by atoms with Gasteiger partial charge < -0.3 is 4.90 Å². The summed E-state index contributed by atoms with van der Waals surface area (Å²) >= 11 is 1.44. The summed E-state index contributed by atoms with van der Waals surface area (Å²) in [4.78, 5) is 18.2. The van der Waals surface area contributed by atoms with Crippen molar-refractivity contribution in [3.63, 3.8) is 0 Å². The van der Waals surface area contributed by atoms with Gasteiger partial charge in [-0.2, -0.15) is 5.10 Å². The van der Waals surface area contributed by atoms with Crippen LogP contribution in [0.3, 0.4) is 0 Å². The van der Waals surface area contributed by atoms with Gasteiger partial charge in [0.1, 0.15) is 6.33 Å². The second-order valence-electron chi connectivity index (χ2n) is 4.67. The van der Waals surface area contributed by atoms with E-state index in [1.807, 2.05) is 35.2 Å². The minimum Gasteiger partial charge on any atom is -0.342 e. The fourth-order valence-electron chi connectivity index (χ4n) is 2.26. The van der Waals surface area contributed by atoms with Crippen LogP contribution < -0.4 is 0 Å². The van der Waals surface area contributed by atoms with Gasteiger partial charge in [0.25, 0.3) is 0 Å². The molecule has 2 aromatic rings. The van der Waals surface area contributed by atoms with Gasteiger partial charge in [0, 0.05) is 13.1 Å². The Morgan fingerprint density at radius 3 is 2.70 bits per heavy atom. The lowest BCUT2D eigenvalue weighted by atomic mass is 10.3. The first-order chi connectivity index (χ1) is 9.84. The maximum absolute atomic E-state index is 12.0. The zero-order valence-corrected chi connectivity index (χ0v) is 11.9. The zero-order chi connectivity index (χ0) is 13.8. The van der Waals surface area contributed by atoms with Crippen molar-refractivity contribution >= 4 is 17.7 Å². The summed E-state index contributed by atoms with van der Waals surface area (Å²) < 4.78 is 1.77. The van der Waals surface area contributed by atoms with E-state index in [9.17, 15) is 4.79 Å². The molecule has 0 atom stereocenters. The molecular weight excluding hydrogens is 272 g/mol. The summed E-state index contributed by atoms with van der Waals surface area (Å²) in [5.74, 6) is 0.612. The quantitative estimate of drug-likeness (QED) is 0.807. The average Bonchev–Trinajstić information content (AvgIpc) is 3.17. The Kier molecular flexibility index (Phi) is 4.01. The Hall–Kier alpha value is -1.82. The van der Waals surface area contributed by atoms with Gasteiger partial charge >= 0.3 is 0 Å². The highest BCUT2D eigenvalue weighted by Crippen LogP contribution is 2.20. The molecule has 1 amide bonds. The number of hydrogen-bond donors (Lipinski definition) is 0. The first-order valence-electron chi connectivity index (χ1n) is 6.70. The summed E-state index contributed by atoms with van der Waals surface area (Å²) in [6.07, 6.45) is 3.77. The van der Waals surface area contributed by atoms with E-state index in [2.05, 4.69) is 10.1 Å². The predicted molar refractivity (Wildman–Crippen MR) is 77.9 cm³/mol. The van der Waals surface area contributed by atoms with Gasteiger partial charge in [-0.15, -0.1) is 0 Å². The molecule has 0 radical (unpaired) electrons. The number of carbonyl (C=O) groups excluding carboxylic acids is 1. The molecule has 0 unspecified atom stereocenters. The van der Waals surface area contributed by atoms with Crippen molar-refractivity contribution in [2.75, 3.05) is 18.8 Å². The molecule has 20 heavy (non-hydrogen) atoms. The minimum absolute atomic E-state index is 0.190. The highest BCUT2D eigenvalue weighted by atomic mass is 32.2. The minimum atomic E-state index is 0.190. The fraction of sp³-hybridized carbons (Fsp3) is 0.357. The van der Waals surface area contributed by atoms with Crippen molar-refractivity contribution in [3.05, 3.63) is 36.7 Å². The molecule has 1 aromatic carbocycles. The van der Waals surface area contributed by atoms with Crippen LogP contribution in [-0.4, -0.2) is 44.4 Å². The van der Waals surface area contributed by atoms with E-state index in [0.717, 1.165) is 36.8 Å². The Morgan fingerprint density at radius 1 is 1.20 bits per heavy atom. The van der Waals surface area contributed by atoms with Crippen molar-refractivity contribution in [2.45, 2.75) is 18.0 Å². The maximum Gasteiger partial charge on any atom is 0.233 e. The number of aromatic nitrogens is 3. The third-order valence-electron chi connectivity index (χ3n) is 3.30. The molecule has 0 spiro atoms. The van der Waals surface area contributed by atoms with Crippen molar-refractivity contribution < 1.29 is 4.79 Å². The first kappa shape index (κ1) is 13.2. The number of carbonyl (C=O) groups is 1. The number of hydrogen-bond acceptors (Lipinski definition) is 4. The molecule has 104 valence electrons. The van der Waals surface area contributed by atoms with Crippen LogP contribution in [-0.2, 0) is 4.79 Å². The van der Waals surface area contributed by atoms with E-state index in [-0.39, 0.29) is 5.91 Å². The topological polar surface area (TPSA) is 51.0 Å². The van der Waals surface area contributed by atoms with Crippen LogP contribution in [0.2, 0.25) is 0 Å². The van der Waals surface area contributed by atoms with Crippen LogP contribution in [0.4, 0.5) is 0 Å². The van der Waals surface area contributed by atoms with E-state index in [1.165, 1.54) is 18.1 Å². The Labute approximate surface area is 122 Å². The van der Waals surface area contributed by atoms with Crippen molar-refractivity contribution in [2.24, 2.45) is 0 Å². The summed E-state index contributed by atoms with van der Waals surface area (Å²) in [6.45, 7) is 1.79. The number of likely N-dealkylation sites (tertiary alicyclic amines) is 1. The van der Waals surface area contributed by atoms with Crippen LogP contribution in [0.25, 0.3) is 5.69 Å². The summed E-state index contributed by atoms with van der Waals surface area (Å²) in [7, 11) is 0. The number of para-hydroxylation sites is 1. The standard InChI is InChI=1S/C14H16N4OS/c19-13(17-8-4-5-9-17)10-20-14-15-11-16-18(14)12-6-2-1-3-7-12/h1-3,6-7,11H,4-5,8-10H2. The molecular formula is C14H16N4OS. The number of benzene rings is 1. The van der Waals surface area contributed by atoms with Crippen molar-refractivity contribution in [1.29, 1.82) is 0 Å². The number of thioether (sulfide) groups is 1. The van der Waals surface area contributed by atoms with E-state index in [0.29, 0.717) is 5.75 Å². The second-order valence-corrected chi connectivity index (χ2v) is 5.61. The normalized spacial score (nSPS) is 14.7. The van der Waals surface area contributed by atoms with E-state index in [1.54, 1.807) is 4.68 Å². The number of amides is 1. The van der Waals surface area contributed by atoms with E-state index in [4.69, 9.17) is 0 Å². The molecule has 0 N–H and O–H groups in total. The molecule has 5 nitrogen and oxygen atoms in total. The van der Waals surface area contributed by atoms with Crippen LogP contribution in [0.5, 0.6) is 0 Å². The highest BCUT2D eigenvalue weighted by Gasteiger charge is 2.19. The zero-order valence-electron chi connectivity index (χ0n) is 11.1. The molecule has 1 saturated heterocycles. The molecule has 0 bridgehead atoms. The molecule has 1 aliphatic rings. The van der Waals surface area contributed by atoms with Crippen molar-refractivity contribution in [1.82, 2.24) is 19.7 Å². The van der Waals surface area contributed by atoms with Gasteiger partial charge in [-0.1, -0.05) is 30.0 Å². The Balaban J connectivity index is 1.66. The average molecular weight is 288 g/mol. The predicted octanol–water partition coefficient (Wildman–Crippen LogP) is 1.98. The smallest absolute Gasteiger partial charge is 0.233 e. The summed E-state index contributed by atoms with van der Waals surface area (Å²) in [5, 5.41) is 4.98. The maximum atomic E-state index is 12.0. The number of nitrogens with zero attached hydrogens (tertiary/aromatic N) is 4. The largest absolute Gasteiger partial charge is 0.342 e. The molecule has 2 heterocycles. The molecule has 6 heteroatoms. The lowest BCUT2D eigenvalue weighted by Gasteiger charge is -2.14. The van der Waals surface area contributed by atoms with Gasteiger partial charge in [-0.3, -0.25) is 4.79 Å². The van der Waals surface area contributed by atoms with Crippen LogP contribution in [0.15, 0.2) is 41.8 Å². The highest BCUT2D eigenvalue weighted by molar-refractivity contribution is 7.99. The van der Waals surface area contributed by atoms with E-state index >= 15 is 0 Å². The fourth-order valence-corrected chi connectivity index (χ4v) is 3.09. The SMILES string of the molecule is O=C(CSc1ncnn1-c1ccccc1)N1CCCC1. The van der Waals surface area contributed by atoms with E-state index < -0.39 is 0 Å². The molecule has 1 aliphatic heterocycles. The molecule has 0 aliphatic carbocycles. The van der Waals surface area contributed by atoms with Gasteiger partial charge in [-0.05, 0) is 25.0 Å². The molecule has 3 rings (SSSR count). The van der Waals surface area contributed by atoms with Crippen LogP contribution >= 0.6 is 11.8 Å². The van der Waals surface area contributed by atoms with Crippen LogP contribution in [0, 0.1) is 0 Å². The third-order valence-corrected chi connectivity index (χ3v) is 4.23.